The summed E-state index contributed by atoms with van der Waals surface area (Å²) in [6, 6.07) is 0. The zero-order valence-corrected chi connectivity index (χ0v) is 8.68. The molecule has 0 saturated heterocycles. The first-order valence-corrected chi connectivity index (χ1v) is 5.60. The summed E-state index contributed by atoms with van der Waals surface area (Å²) >= 11 is 1.86. The molecule has 0 radical (unpaired) electrons. The van der Waals surface area contributed by atoms with Crippen LogP contribution in [0.25, 0.3) is 0 Å². The molecule has 0 fully saturated rings. The van der Waals surface area contributed by atoms with Gasteiger partial charge in [0.25, 0.3) is 0 Å². The summed E-state index contributed by atoms with van der Waals surface area (Å²) < 4.78 is 0. The fraction of sp³-hybridized carbons (Fsp3) is 0.556. The van der Waals surface area contributed by atoms with Crippen LogP contribution in [0.1, 0.15) is 24.7 Å². The van der Waals surface area contributed by atoms with E-state index >= 15 is 0 Å². The van der Waals surface area contributed by atoms with Gasteiger partial charge in [0.15, 0.2) is 0 Å². The summed E-state index contributed by atoms with van der Waals surface area (Å²) in [5, 5.41) is 0. The predicted octanol–water partition coefficient (Wildman–Crippen LogP) is 1.58. The van der Waals surface area contributed by atoms with Crippen molar-refractivity contribution in [1.82, 2.24) is 9.97 Å². The van der Waals surface area contributed by atoms with Gasteiger partial charge in [-0.15, -0.1) is 0 Å². The number of nitrogens with zero attached hydrogens (tertiary/aromatic N) is 2. The summed E-state index contributed by atoms with van der Waals surface area (Å²) in [5.41, 5.74) is 6.43. The number of hydrogen-bond acceptors (Lipinski definition) is 4. The highest BCUT2D eigenvalue weighted by Gasteiger charge is 1.96. The predicted molar refractivity (Wildman–Crippen MR) is 56.4 cm³/mol. The molecule has 0 aliphatic heterocycles. The van der Waals surface area contributed by atoms with Gasteiger partial charge in [-0.2, -0.15) is 11.8 Å². The van der Waals surface area contributed by atoms with Gasteiger partial charge in [0.2, 0.25) is 0 Å². The Morgan fingerprint density at radius 3 is 2.62 bits per heavy atom. The molecular weight excluding hydrogens is 182 g/mol. The first-order chi connectivity index (χ1) is 6.36. The third-order valence-electron chi connectivity index (χ3n) is 1.57. The molecule has 0 aliphatic rings. The molecular formula is C9H15N3S. The zero-order valence-electron chi connectivity index (χ0n) is 7.86. The summed E-state index contributed by atoms with van der Waals surface area (Å²) in [7, 11) is 0. The number of aromatic nitrogens is 2. The first-order valence-electron chi connectivity index (χ1n) is 4.44. The van der Waals surface area contributed by atoms with Crippen LogP contribution in [-0.2, 0) is 12.3 Å². The fourth-order valence-electron chi connectivity index (χ4n) is 0.869. The van der Waals surface area contributed by atoms with Crippen LogP contribution in [0.15, 0.2) is 12.4 Å². The minimum atomic E-state index is 0.516. The van der Waals surface area contributed by atoms with Crippen molar-refractivity contribution >= 4 is 11.8 Å². The maximum atomic E-state index is 5.44. The maximum absolute atomic E-state index is 5.44. The fourth-order valence-corrected chi connectivity index (χ4v) is 1.63. The molecule has 72 valence electrons. The molecule has 0 spiro atoms. The molecule has 13 heavy (non-hydrogen) atoms. The molecule has 0 bridgehead atoms. The normalized spacial score (nSPS) is 10.3. The molecule has 0 aliphatic carbocycles. The summed E-state index contributed by atoms with van der Waals surface area (Å²) in [4.78, 5) is 8.42. The molecule has 0 atom stereocenters. The van der Waals surface area contributed by atoms with Crippen molar-refractivity contribution in [3.05, 3.63) is 23.8 Å². The lowest BCUT2D eigenvalue weighted by Crippen LogP contribution is -2.00. The van der Waals surface area contributed by atoms with E-state index in [1.807, 2.05) is 11.8 Å². The average Bonchev–Trinajstić information content (AvgIpc) is 2.19. The molecule has 0 amide bonds. The van der Waals surface area contributed by atoms with Crippen LogP contribution in [0.3, 0.4) is 0 Å². The van der Waals surface area contributed by atoms with Gasteiger partial charge in [0.1, 0.15) is 5.82 Å². The average molecular weight is 197 g/mol. The van der Waals surface area contributed by atoms with Crippen LogP contribution in [0.2, 0.25) is 0 Å². The lowest BCUT2D eigenvalue weighted by Gasteiger charge is -1.99. The Bertz CT molecular complexity index is 235. The number of thioether (sulfide) groups is 1. The first kappa shape index (κ1) is 10.5. The highest BCUT2D eigenvalue weighted by atomic mass is 32.2. The molecule has 1 rings (SSSR count). The SMILES string of the molecule is CCCSCc1ncc(CN)cn1. The number of nitrogens with two attached hydrogens (primary N) is 1. The Morgan fingerprint density at radius 1 is 1.38 bits per heavy atom. The molecule has 4 heteroatoms. The highest BCUT2D eigenvalue weighted by Crippen LogP contribution is 2.08. The van der Waals surface area contributed by atoms with Crippen LogP contribution < -0.4 is 5.73 Å². The molecule has 0 aromatic carbocycles. The van der Waals surface area contributed by atoms with Gasteiger partial charge < -0.3 is 5.73 Å². The molecule has 1 aromatic rings. The van der Waals surface area contributed by atoms with E-state index in [4.69, 9.17) is 5.73 Å². The van der Waals surface area contributed by atoms with E-state index in [1.54, 1.807) is 12.4 Å². The lowest BCUT2D eigenvalue weighted by atomic mass is 10.3. The van der Waals surface area contributed by atoms with E-state index < -0.39 is 0 Å². The molecule has 2 N–H and O–H groups in total. The van der Waals surface area contributed by atoms with Gasteiger partial charge in [0, 0.05) is 24.5 Å². The molecule has 0 saturated carbocycles. The molecule has 1 heterocycles. The number of hydrogen-bond donors (Lipinski definition) is 1. The Balaban J connectivity index is 2.40. The van der Waals surface area contributed by atoms with Crippen molar-refractivity contribution in [3.8, 4) is 0 Å². The third-order valence-corrected chi connectivity index (χ3v) is 2.73. The van der Waals surface area contributed by atoms with Gasteiger partial charge in [-0.3, -0.25) is 0 Å². The van der Waals surface area contributed by atoms with Crippen molar-refractivity contribution in [2.75, 3.05) is 5.75 Å². The number of rotatable bonds is 5. The third kappa shape index (κ3) is 3.74. The Hall–Kier alpha value is -0.610. The van der Waals surface area contributed by atoms with Gasteiger partial charge in [-0.05, 0) is 12.2 Å². The summed E-state index contributed by atoms with van der Waals surface area (Å²) in [6.07, 6.45) is 4.80. The van der Waals surface area contributed by atoms with Crippen LogP contribution in [0.5, 0.6) is 0 Å². The Labute approximate surface area is 83.2 Å². The Kier molecular flexibility index (Phi) is 4.78. The second-order valence-electron chi connectivity index (χ2n) is 2.76. The topological polar surface area (TPSA) is 51.8 Å². The Morgan fingerprint density at radius 2 is 2.08 bits per heavy atom. The van der Waals surface area contributed by atoms with Gasteiger partial charge >= 0.3 is 0 Å². The monoisotopic (exact) mass is 197 g/mol. The van der Waals surface area contributed by atoms with E-state index in [1.165, 1.54) is 12.2 Å². The van der Waals surface area contributed by atoms with Crippen LogP contribution in [0, 0.1) is 0 Å². The van der Waals surface area contributed by atoms with Gasteiger partial charge in [-0.1, -0.05) is 6.92 Å². The summed E-state index contributed by atoms with van der Waals surface area (Å²) in [5.74, 6) is 2.97. The van der Waals surface area contributed by atoms with Gasteiger partial charge in [-0.25, -0.2) is 9.97 Å². The van der Waals surface area contributed by atoms with Crippen LogP contribution in [-0.4, -0.2) is 15.7 Å². The minimum absolute atomic E-state index is 0.516. The second kappa shape index (κ2) is 5.94. The lowest BCUT2D eigenvalue weighted by molar-refractivity contribution is 0.959. The summed E-state index contributed by atoms with van der Waals surface area (Å²) in [6.45, 7) is 2.69. The minimum Gasteiger partial charge on any atom is -0.326 e. The molecule has 1 aromatic heterocycles. The van der Waals surface area contributed by atoms with Crippen molar-refractivity contribution in [2.45, 2.75) is 25.6 Å². The van der Waals surface area contributed by atoms with E-state index in [2.05, 4.69) is 16.9 Å². The van der Waals surface area contributed by atoms with E-state index in [-0.39, 0.29) is 0 Å². The quantitative estimate of drug-likeness (QED) is 0.728. The second-order valence-corrected chi connectivity index (χ2v) is 3.87. The molecule has 0 unspecified atom stereocenters. The van der Waals surface area contributed by atoms with E-state index in [0.717, 1.165) is 17.1 Å². The van der Waals surface area contributed by atoms with Crippen molar-refractivity contribution < 1.29 is 0 Å². The largest absolute Gasteiger partial charge is 0.326 e. The van der Waals surface area contributed by atoms with Crippen molar-refractivity contribution in [2.24, 2.45) is 5.73 Å². The van der Waals surface area contributed by atoms with E-state index in [9.17, 15) is 0 Å². The standard InChI is InChI=1S/C9H15N3S/c1-2-3-13-7-9-11-5-8(4-10)6-12-9/h5-6H,2-4,7,10H2,1H3. The van der Waals surface area contributed by atoms with E-state index in [0.29, 0.717) is 6.54 Å². The maximum Gasteiger partial charge on any atom is 0.138 e. The van der Waals surface area contributed by atoms with Gasteiger partial charge in [0.05, 0.1) is 5.75 Å². The zero-order chi connectivity index (χ0) is 9.52. The van der Waals surface area contributed by atoms with Crippen LogP contribution >= 0.6 is 11.8 Å². The smallest absolute Gasteiger partial charge is 0.138 e. The highest BCUT2D eigenvalue weighted by molar-refractivity contribution is 7.98. The van der Waals surface area contributed by atoms with Crippen LogP contribution in [0.4, 0.5) is 0 Å². The molecule has 3 nitrogen and oxygen atoms in total. The van der Waals surface area contributed by atoms with Crippen molar-refractivity contribution in [1.29, 1.82) is 0 Å². The van der Waals surface area contributed by atoms with Crippen molar-refractivity contribution in [3.63, 3.8) is 0 Å².